The van der Waals surface area contributed by atoms with Crippen LogP contribution in [0.15, 0.2) is 24.3 Å². The van der Waals surface area contributed by atoms with E-state index in [-0.39, 0.29) is 6.61 Å². The second kappa shape index (κ2) is 5.52. The fourth-order valence-electron chi connectivity index (χ4n) is 1.01. The molecule has 1 aromatic carbocycles. The Kier molecular flexibility index (Phi) is 4.31. The van der Waals surface area contributed by atoms with E-state index in [1.54, 1.807) is 18.2 Å². The van der Waals surface area contributed by atoms with Crippen LogP contribution in [0.25, 0.3) is 0 Å². The number of benzene rings is 1. The molecule has 92 valence electrons. The van der Waals surface area contributed by atoms with Gasteiger partial charge in [-0.05, 0) is 12.1 Å². The molecule has 1 aromatic rings. The number of nitriles is 1. The third-order valence-electron chi connectivity index (χ3n) is 1.86. The van der Waals surface area contributed by atoms with Crippen LogP contribution in [-0.2, 0) is 10.2 Å². The minimum atomic E-state index is -3.53. The first-order chi connectivity index (χ1) is 7.95. The molecule has 17 heavy (non-hydrogen) atoms. The van der Waals surface area contributed by atoms with Crippen molar-refractivity contribution in [2.45, 2.75) is 0 Å². The van der Waals surface area contributed by atoms with Gasteiger partial charge in [-0.25, -0.2) is 0 Å². The molecule has 0 aliphatic heterocycles. The van der Waals surface area contributed by atoms with Gasteiger partial charge in [0.15, 0.2) is 6.61 Å². The highest BCUT2D eigenvalue weighted by molar-refractivity contribution is 7.90. The Bertz CT molecular complexity index is 520. The van der Waals surface area contributed by atoms with E-state index in [4.69, 9.17) is 10.00 Å². The number of rotatable bonds is 5. The summed E-state index contributed by atoms with van der Waals surface area (Å²) in [7, 11) is -0.668. The molecule has 1 N–H and O–H groups in total. The van der Waals surface area contributed by atoms with Crippen molar-refractivity contribution in [2.75, 3.05) is 25.4 Å². The van der Waals surface area contributed by atoms with E-state index in [9.17, 15) is 8.42 Å². The average molecular weight is 255 g/mol. The van der Waals surface area contributed by atoms with E-state index in [2.05, 4.69) is 4.72 Å². The maximum atomic E-state index is 11.5. The van der Waals surface area contributed by atoms with Crippen LogP contribution in [0.5, 0.6) is 5.75 Å². The Labute approximate surface area is 101 Å². The van der Waals surface area contributed by atoms with Crippen molar-refractivity contribution >= 4 is 15.9 Å². The van der Waals surface area contributed by atoms with Crippen LogP contribution < -0.4 is 9.46 Å². The predicted molar refractivity (Wildman–Crippen MR) is 63.8 cm³/mol. The van der Waals surface area contributed by atoms with Gasteiger partial charge in [-0.15, -0.1) is 0 Å². The summed E-state index contributed by atoms with van der Waals surface area (Å²) >= 11 is 0. The first kappa shape index (κ1) is 13.3. The first-order valence-corrected chi connectivity index (χ1v) is 6.20. The molecule has 0 amide bonds. The summed E-state index contributed by atoms with van der Waals surface area (Å²) in [5.74, 6) is 0.436. The molecule has 0 unspecified atom stereocenters. The third kappa shape index (κ3) is 3.94. The average Bonchev–Trinajstić information content (AvgIpc) is 2.26. The summed E-state index contributed by atoms with van der Waals surface area (Å²) in [6.45, 7) is -0.0795. The van der Waals surface area contributed by atoms with Gasteiger partial charge in [0.05, 0.1) is 5.69 Å². The lowest BCUT2D eigenvalue weighted by molar-refractivity contribution is 0.368. The van der Waals surface area contributed by atoms with Gasteiger partial charge in [0.2, 0.25) is 0 Å². The van der Waals surface area contributed by atoms with Crippen LogP contribution in [0.1, 0.15) is 0 Å². The second-order valence-corrected chi connectivity index (χ2v) is 5.25. The highest BCUT2D eigenvalue weighted by Gasteiger charge is 2.12. The molecule has 0 aliphatic carbocycles. The van der Waals surface area contributed by atoms with Crippen LogP contribution >= 0.6 is 0 Å². The highest BCUT2D eigenvalue weighted by Crippen LogP contribution is 2.18. The summed E-state index contributed by atoms with van der Waals surface area (Å²) < 4.78 is 31.6. The zero-order valence-electron chi connectivity index (χ0n) is 9.54. The lowest BCUT2D eigenvalue weighted by Gasteiger charge is -2.13. The summed E-state index contributed by atoms with van der Waals surface area (Å²) in [5, 5.41) is 8.36. The number of hydrogen-bond acceptors (Lipinski definition) is 4. The Hall–Kier alpha value is -1.78. The van der Waals surface area contributed by atoms with E-state index in [0.29, 0.717) is 11.4 Å². The topological polar surface area (TPSA) is 82.4 Å². The van der Waals surface area contributed by atoms with Gasteiger partial charge < -0.3 is 4.74 Å². The fourth-order valence-corrected chi connectivity index (χ4v) is 1.61. The van der Waals surface area contributed by atoms with Crippen molar-refractivity contribution < 1.29 is 13.2 Å². The number of nitrogens with one attached hydrogen (secondary N) is 1. The molecule has 0 saturated carbocycles. The van der Waals surface area contributed by atoms with Crippen LogP contribution in [0.3, 0.4) is 0 Å². The molecule has 0 spiro atoms. The Balaban J connectivity index is 2.83. The van der Waals surface area contributed by atoms with E-state index in [1.807, 2.05) is 6.07 Å². The highest BCUT2D eigenvalue weighted by atomic mass is 32.2. The van der Waals surface area contributed by atoms with Crippen molar-refractivity contribution in [3.63, 3.8) is 0 Å². The Morgan fingerprint density at radius 3 is 2.76 bits per heavy atom. The summed E-state index contributed by atoms with van der Waals surface area (Å²) in [4.78, 5) is 0. The molecular formula is C10H13N3O3S. The SMILES string of the molecule is CN(C)S(=O)(=O)Nc1cccc(OCC#N)c1. The van der Waals surface area contributed by atoms with E-state index >= 15 is 0 Å². The molecule has 0 atom stereocenters. The van der Waals surface area contributed by atoms with Gasteiger partial charge in [0.25, 0.3) is 0 Å². The van der Waals surface area contributed by atoms with E-state index in [0.717, 1.165) is 4.31 Å². The predicted octanol–water partition coefficient (Wildman–Crippen LogP) is 0.807. The molecule has 0 saturated heterocycles. The molecule has 0 heterocycles. The first-order valence-electron chi connectivity index (χ1n) is 4.76. The largest absolute Gasteiger partial charge is 0.479 e. The van der Waals surface area contributed by atoms with Crippen molar-refractivity contribution in [1.82, 2.24) is 4.31 Å². The zero-order chi connectivity index (χ0) is 12.9. The molecule has 6 nitrogen and oxygen atoms in total. The molecule has 7 heteroatoms. The van der Waals surface area contributed by atoms with Crippen LogP contribution in [-0.4, -0.2) is 33.4 Å². The lowest BCUT2D eigenvalue weighted by Crippen LogP contribution is -2.28. The monoisotopic (exact) mass is 255 g/mol. The van der Waals surface area contributed by atoms with E-state index in [1.165, 1.54) is 20.2 Å². The van der Waals surface area contributed by atoms with Crippen molar-refractivity contribution in [3.05, 3.63) is 24.3 Å². The van der Waals surface area contributed by atoms with Gasteiger partial charge in [-0.1, -0.05) is 6.07 Å². The summed E-state index contributed by atoms with van der Waals surface area (Å²) in [5.41, 5.74) is 0.383. The Morgan fingerprint density at radius 2 is 2.18 bits per heavy atom. The maximum absolute atomic E-state index is 11.5. The van der Waals surface area contributed by atoms with Crippen LogP contribution in [0, 0.1) is 11.3 Å². The van der Waals surface area contributed by atoms with E-state index < -0.39 is 10.2 Å². The minimum Gasteiger partial charge on any atom is -0.479 e. The number of anilines is 1. The van der Waals surface area contributed by atoms with Gasteiger partial charge >= 0.3 is 10.2 Å². The normalized spacial score (nSPS) is 10.9. The lowest BCUT2D eigenvalue weighted by atomic mass is 10.3. The van der Waals surface area contributed by atoms with Gasteiger partial charge in [-0.3, -0.25) is 4.72 Å². The van der Waals surface area contributed by atoms with Crippen molar-refractivity contribution in [3.8, 4) is 11.8 Å². The van der Waals surface area contributed by atoms with Gasteiger partial charge in [0, 0.05) is 20.2 Å². The molecule has 0 radical (unpaired) electrons. The maximum Gasteiger partial charge on any atom is 0.301 e. The summed E-state index contributed by atoms with van der Waals surface area (Å²) in [6, 6.07) is 8.23. The molecule has 0 fully saturated rings. The minimum absolute atomic E-state index is 0.0795. The smallest absolute Gasteiger partial charge is 0.301 e. The van der Waals surface area contributed by atoms with Gasteiger partial charge in [0.1, 0.15) is 11.8 Å². The number of ether oxygens (including phenoxy) is 1. The number of hydrogen-bond donors (Lipinski definition) is 1. The van der Waals surface area contributed by atoms with Crippen molar-refractivity contribution in [1.29, 1.82) is 5.26 Å². The molecule has 0 aromatic heterocycles. The molecular weight excluding hydrogens is 242 g/mol. The second-order valence-electron chi connectivity index (χ2n) is 3.36. The third-order valence-corrected chi connectivity index (χ3v) is 3.32. The zero-order valence-corrected chi connectivity index (χ0v) is 10.4. The Morgan fingerprint density at radius 1 is 1.47 bits per heavy atom. The van der Waals surface area contributed by atoms with Gasteiger partial charge in [-0.2, -0.15) is 18.0 Å². The van der Waals surface area contributed by atoms with Crippen molar-refractivity contribution in [2.24, 2.45) is 0 Å². The van der Waals surface area contributed by atoms with Crippen LogP contribution in [0.4, 0.5) is 5.69 Å². The number of nitrogens with zero attached hydrogens (tertiary/aromatic N) is 2. The standard InChI is InChI=1S/C10H13N3O3S/c1-13(2)17(14,15)12-9-4-3-5-10(8-9)16-7-6-11/h3-5,8,12H,7H2,1-2H3. The van der Waals surface area contributed by atoms with Crippen LogP contribution in [0.2, 0.25) is 0 Å². The molecule has 0 aliphatic rings. The molecule has 0 bridgehead atoms. The summed E-state index contributed by atoms with van der Waals surface area (Å²) in [6.07, 6.45) is 0. The molecule has 1 rings (SSSR count). The fraction of sp³-hybridized carbons (Fsp3) is 0.300. The quantitative estimate of drug-likeness (QED) is 0.844.